The molecule has 1 aliphatic rings. The molecule has 1 heterocycles. The van der Waals surface area contributed by atoms with E-state index < -0.39 is 0 Å². The molecule has 204 valence electrons. The Labute approximate surface area is 236 Å². The van der Waals surface area contributed by atoms with E-state index in [-0.39, 0.29) is 18.2 Å². The van der Waals surface area contributed by atoms with E-state index in [0.29, 0.717) is 0 Å². The fourth-order valence-electron chi connectivity index (χ4n) is 4.87. The summed E-state index contributed by atoms with van der Waals surface area (Å²) in [5.74, 6) is 1.85. The minimum absolute atomic E-state index is 0.0596. The molecule has 1 atom stereocenters. The zero-order chi connectivity index (χ0) is 27.9. The van der Waals surface area contributed by atoms with Crippen LogP contribution >= 0.6 is 23.5 Å². The number of benzene rings is 3. The van der Waals surface area contributed by atoms with Crippen molar-refractivity contribution >= 4 is 35.7 Å². The second-order valence-electron chi connectivity index (χ2n) is 10.4. The third kappa shape index (κ3) is 7.92. The van der Waals surface area contributed by atoms with Crippen molar-refractivity contribution in [2.75, 3.05) is 11.3 Å². The molecule has 0 amide bonds. The summed E-state index contributed by atoms with van der Waals surface area (Å²) in [5.41, 5.74) is 9.55. The Morgan fingerprint density at radius 3 is 2.61 bits per heavy atom. The summed E-state index contributed by atoms with van der Waals surface area (Å²) in [6.07, 6.45) is 2.07. The average molecular weight is 556 g/mol. The van der Waals surface area contributed by atoms with E-state index in [2.05, 4.69) is 76.6 Å². The number of rotatable bonds is 7. The van der Waals surface area contributed by atoms with Gasteiger partial charge in [0.05, 0.1) is 18.3 Å². The zero-order valence-corrected chi connectivity index (χ0v) is 24.6. The van der Waals surface area contributed by atoms with Crippen molar-refractivity contribution in [2.24, 2.45) is 0 Å². The van der Waals surface area contributed by atoms with Gasteiger partial charge in [0.25, 0.3) is 6.47 Å². The van der Waals surface area contributed by atoms with Gasteiger partial charge in [-0.15, -0.1) is 0 Å². The highest BCUT2D eigenvalue weighted by Gasteiger charge is 2.25. The Kier molecular flexibility index (Phi) is 10.5. The predicted molar refractivity (Wildman–Crippen MR) is 159 cm³/mol. The van der Waals surface area contributed by atoms with E-state index in [1.807, 2.05) is 18.2 Å². The van der Waals surface area contributed by atoms with Gasteiger partial charge in [-0.3, -0.25) is 4.79 Å². The average Bonchev–Trinajstić information content (AvgIpc) is 2.85. The number of aryl methyl sites for hydroxylation is 2. The molecular weight excluding hydrogens is 518 g/mol. The van der Waals surface area contributed by atoms with E-state index in [9.17, 15) is 0 Å². The standard InChI is InChI=1S/C30H36ClNO2S.CH2O2/c1-19-15-26(32-35-18-22-9-7-11-25(31)16-22)20(2)29(21(3)34-30(4,5)6)28(19)24-12-13-27-23(17-24)10-8-14-33-27;2-1-3/h7,9,11-13,15-17,21,32H,8,10,14,18H2,1-6H3;1H,(H,2,3). The van der Waals surface area contributed by atoms with Crippen molar-refractivity contribution < 1.29 is 19.4 Å². The molecule has 5 nitrogen and oxygen atoms in total. The smallest absolute Gasteiger partial charge is 0.290 e. The van der Waals surface area contributed by atoms with Gasteiger partial charge in [0.15, 0.2) is 0 Å². The monoisotopic (exact) mass is 555 g/mol. The third-order valence-electron chi connectivity index (χ3n) is 6.28. The largest absolute Gasteiger partial charge is 0.493 e. The Hall–Kier alpha value is -2.67. The summed E-state index contributed by atoms with van der Waals surface area (Å²) in [6, 6.07) is 16.9. The van der Waals surface area contributed by atoms with Gasteiger partial charge < -0.3 is 19.3 Å². The lowest BCUT2D eigenvalue weighted by atomic mass is 9.87. The highest BCUT2D eigenvalue weighted by atomic mass is 35.5. The normalized spacial score (nSPS) is 13.4. The number of ether oxygens (including phenoxy) is 2. The van der Waals surface area contributed by atoms with Gasteiger partial charge in [-0.1, -0.05) is 29.8 Å². The first-order valence-corrected chi connectivity index (χ1v) is 14.2. The summed E-state index contributed by atoms with van der Waals surface area (Å²) < 4.78 is 16.0. The van der Waals surface area contributed by atoms with Crippen LogP contribution in [0.15, 0.2) is 48.5 Å². The molecule has 1 aliphatic heterocycles. The van der Waals surface area contributed by atoms with Crippen LogP contribution in [-0.4, -0.2) is 23.8 Å². The van der Waals surface area contributed by atoms with Crippen LogP contribution in [0, 0.1) is 13.8 Å². The Balaban J connectivity index is 0.00000127. The van der Waals surface area contributed by atoms with Crippen LogP contribution in [0.4, 0.5) is 5.69 Å². The number of nitrogens with one attached hydrogen (secondary N) is 1. The molecular formula is C31H38ClNO4S. The van der Waals surface area contributed by atoms with E-state index in [1.165, 1.54) is 38.9 Å². The molecule has 0 spiro atoms. The van der Waals surface area contributed by atoms with Gasteiger partial charge in [-0.2, -0.15) is 0 Å². The fourth-order valence-corrected chi connectivity index (χ4v) is 5.87. The molecule has 2 N–H and O–H groups in total. The molecule has 0 bridgehead atoms. The molecule has 0 radical (unpaired) electrons. The molecule has 0 aliphatic carbocycles. The first-order valence-electron chi connectivity index (χ1n) is 12.8. The number of carboxylic acid groups (broad SMARTS) is 1. The lowest BCUT2D eigenvalue weighted by Crippen LogP contribution is -2.22. The van der Waals surface area contributed by atoms with Gasteiger partial charge in [0, 0.05) is 16.5 Å². The molecule has 0 saturated heterocycles. The lowest BCUT2D eigenvalue weighted by molar-refractivity contribution is -0.122. The first-order chi connectivity index (χ1) is 18.0. The number of hydrogen-bond acceptors (Lipinski definition) is 5. The van der Waals surface area contributed by atoms with Gasteiger partial charge in [-0.05, 0) is 136 Å². The van der Waals surface area contributed by atoms with Crippen molar-refractivity contribution in [2.45, 2.75) is 71.8 Å². The Morgan fingerprint density at radius 1 is 1.18 bits per heavy atom. The van der Waals surface area contributed by atoms with Crippen molar-refractivity contribution in [3.05, 3.63) is 81.4 Å². The maximum Gasteiger partial charge on any atom is 0.290 e. The van der Waals surface area contributed by atoms with Gasteiger partial charge in [0.2, 0.25) is 0 Å². The van der Waals surface area contributed by atoms with E-state index in [4.69, 9.17) is 31.0 Å². The minimum atomic E-state index is -0.250. The molecule has 38 heavy (non-hydrogen) atoms. The summed E-state index contributed by atoms with van der Waals surface area (Å²) in [6.45, 7) is 13.5. The predicted octanol–water partition coefficient (Wildman–Crippen LogP) is 8.79. The van der Waals surface area contributed by atoms with Crippen LogP contribution in [0.1, 0.15) is 68.0 Å². The number of carbonyl (C=O) groups is 1. The molecule has 7 heteroatoms. The third-order valence-corrected chi connectivity index (χ3v) is 7.35. The summed E-state index contributed by atoms with van der Waals surface area (Å²) in [7, 11) is 0. The minimum Gasteiger partial charge on any atom is -0.493 e. The molecule has 3 aromatic rings. The van der Waals surface area contributed by atoms with Gasteiger partial charge in [-0.25, -0.2) is 0 Å². The molecule has 0 saturated carbocycles. The van der Waals surface area contributed by atoms with Gasteiger partial charge >= 0.3 is 0 Å². The highest BCUT2D eigenvalue weighted by molar-refractivity contribution is 7.99. The second kappa shape index (κ2) is 13.4. The quantitative estimate of drug-likeness (QED) is 0.224. The molecule has 4 rings (SSSR count). The molecule has 0 aromatic heterocycles. The maximum absolute atomic E-state index is 8.36. The van der Waals surface area contributed by atoms with Crippen molar-refractivity contribution in [1.29, 1.82) is 0 Å². The van der Waals surface area contributed by atoms with Crippen LogP contribution < -0.4 is 9.46 Å². The fraction of sp³-hybridized carbons (Fsp3) is 0.387. The van der Waals surface area contributed by atoms with Crippen molar-refractivity contribution in [3.8, 4) is 16.9 Å². The van der Waals surface area contributed by atoms with E-state index >= 15 is 0 Å². The lowest BCUT2D eigenvalue weighted by Gasteiger charge is -2.30. The van der Waals surface area contributed by atoms with Crippen molar-refractivity contribution in [1.82, 2.24) is 0 Å². The number of anilines is 1. The molecule has 0 fully saturated rings. The summed E-state index contributed by atoms with van der Waals surface area (Å²) in [5, 5.41) is 7.66. The topological polar surface area (TPSA) is 67.8 Å². The molecule has 1 unspecified atom stereocenters. The summed E-state index contributed by atoms with van der Waals surface area (Å²) >= 11 is 7.84. The van der Waals surface area contributed by atoms with Crippen LogP contribution in [0.3, 0.4) is 0 Å². The Morgan fingerprint density at radius 2 is 1.92 bits per heavy atom. The first kappa shape index (κ1) is 29.9. The van der Waals surface area contributed by atoms with Crippen LogP contribution in [0.2, 0.25) is 5.02 Å². The van der Waals surface area contributed by atoms with Gasteiger partial charge in [0.1, 0.15) is 5.75 Å². The maximum atomic E-state index is 8.36. The zero-order valence-electron chi connectivity index (χ0n) is 23.1. The molecule has 3 aromatic carbocycles. The van der Waals surface area contributed by atoms with Crippen LogP contribution in [0.5, 0.6) is 5.75 Å². The number of hydrogen-bond donors (Lipinski definition) is 2. The SMILES string of the molecule is Cc1cc(NSCc2cccc(Cl)c2)c(C)c(C(C)OC(C)(C)C)c1-c1ccc2c(c1)CCCO2.O=CO. The summed E-state index contributed by atoms with van der Waals surface area (Å²) in [4.78, 5) is 8.36. The van der Waals surface area contributed by atoms with E-state index in [1.54, 1.807) is 11.9 Å². The van der Waals surface area contributed by atoms with Crippen molar-refractivity contribution in [3.63, 3.8) is 0 Å². The van der Waals surface area contributed by atoms with E-state index in [0.717, 1.165) is 41.7 Å². The number of fused-ring (bicyclic) bond motifs is 1. The Bertz CT molecular complexity index is 1260. The number of halogens is 1. The van der Waals surface area contributed by atoms with Crippen LogP contribution in [0.25, 0.3) is 11.1 Å². The second-order valence-corrected chi connectivity index (χ2v) is 11.6. The highest BCUT2D eigenvalue weighted by Crippen LogP contribution is 2.42. The van der Waals surface area contributed by atoms with Crippen LogP contribution in [-0.2, 0) is 21.7 Å².